The van der Waals surface area contributed by atoms with Gasteiger partial charge in [0.15, 0.2) is 5.82 Å². The third kappa shape index (κ3) is 3.12. The largest absolute Gasteiger partial charge is 0.361 e. The highest BCUT2D eigenvalue weighted by atomic mass is 35.5. The van der Waals surface area contributed by atoms with Gasteiger partial charge in [-0.3, -0.25) is 5.43 Å². The van der Waals surface area contributed by atoms with Crippen LogP contribution in [-0.4, -0.2) is 15.0 Å². The van der Waals surface area contributed by atoms with Crippen molar-refractivity contribution in [2.75, 3.05) is 10.7 Å². The van der Waals surface area contributed by atoms with Gasteiger partial charge in [0.05, 0.1) is 22.9 Å². The Kier molecular flexibility index (Phi) is 4.18. The van der Waals surface area contributed by atoms with E-state index in [1.165, 1.54) is 6.20 Å². The molecule has 8 heteroatoms. The Morgan fingerprint density at radius 3 is 2.68 bits per heavy atom. The number of anilines is 2. The number of nitrogens with zero attached hydrogens (tertiary/aromatic N) is 3. The molecule has 0 spiro atoms. The molecule has 1 unspecified atom stereocenters. The van der Waals surface area contributed by atoms with Gasteiger partial charge in [-0.15, -0.1) is 11.3 Å². The fourth-order valence-corrected chi connectivity index (χ4v) is 2.83. The summed E-state index contributed by atoms with van der Waals surface area (Å²) in [6.07, 6.45) is 1.50. The van der Waals surface area contributed by atoms with Gasteiger partial charge < -0.3 is 5.32 Å². The highest BCUT2D eigenvalue weighted by Crippen LogP contribution is 2.29. The molecule has 0 aliphatic rings. The monoisotopic (exact) mass is 298 g/mol. The fourth-order valence-electron chi connectivity index (χ4n) is 1.76. The Morgan fingerprint density at radius 2 is 2.11 bits per heavy atom. The zero-order valence-electron chi connectivity index (χ0n) is 10.9. The first-order valence-electron chi connectivity index (χ1n) is 5.71. The van der Waals surface area contributed by atoms with Gasteiger partial charge in [0, 0.05) is 4.88 Å². The molecule has 2 heterocycles. The van der Waals surface area contributed by atoms with Gasteiger partial charge in [0.2, 0.25) is 5.95 Å². The molecule has 6 nitrogen and oxygen atoms in total. The maximum Gasteiger partial charge on any atom is 0.239 e. The van der Waals surface area contributed by atoms with Crippen LogP contribution in [0.3, 0.4) is 0 Å². The predicted molar refractivity (Wildman–Crippen MR) is 78.5 cm³/mol. The summed E-state index contributed by atoms with van der Waals surface area (Å²) in [5.41, 5.74) is 3.41. The lowest BCUT2D eigenvalue weighted by molar-refractivity contribution is 0.877. The van der Waals surface area contributed by atoms with E-state index in [9.17, 15) is 0 Å². The molecular formula is C11H15ClN6S. The summed E-state index contributed by atoms with van der Waals surface area (Å²) in [7, 11) is 0. The maximum absolute atomic E-state index is 6.06. The van der Waals surface area contributed by atoms with Crippen molar-refractivity contribution in [3.63, 3.8) is 0 Å². The summed E-state index contributed by atoms with van der Waals surface area (Å²) < 4.78 is 0. The molecule has 0 saturated heterocycles. The first-order chi connectivity index (χ1) is 9.01. The third-order valence-corrected chi connectivity index (χ3v) is 4.09. The number of thiazole rings is 1. The van der Waals surface area contributed by atoms with Gasteiger partial charge >= 0.3 is 0 Å². The maximum atomic E-state index is 6.06. The zero-order chi connectivity index (χ0) is 14.0. The summed E-state index contributed by atoms with van der Waals surface area (Å²) in [4.78, 5) is 13.7. The molecule has 2 aromatic rings. The molecule has 102 valence electrons. The van der Waals surface area contributed by atoms with Crippen LogP contribution in [0.5, 0.6) is 0 Å². The second-order valence-electron chi connectivity index (χ2n) is 4.08. The molecule has 2 aromatic heterocycles. The van der Waals surface area contributed by atoms with E-state index >= 15 is 0 Å². The molecule has 0 aliphatic carbocycles. The number of nitrogens with one attached hydrogen (secondary N) is 2. The van der Waals surface area contributed by atoms with Gasteiger partial charge in [-0.2, -0.15) is 4.98 Å². The van der Waals surface area contributed by atoms with Crippen LogP contribution in [0, 0.1) is 13.8 Å². The standard InChI is InChI=1S/C11H15ClN6S/c1-5-9(19-7(3)15-5)6(2)16-10-8(12)4-14-11(17-10)18-13/h4,6H,13H2,1-3H3,(H2,14,16,17,18). The van der Waals surface area contributed by atoms with Crippen LogP contribution in [-0.2, 0) is 0 Å². The molecule has 0 bridgehead atoms. The molecule has 0 radical (unpaired) electrons. The molecule has 0 aromatic carbocycles. The molecular weight excluding hydrogens is 284 g/mol. The Bertz CT molecular complexity index is 585. The molecule has 0 aliphatic heterocycles. The lowest BCUT2D eigenvalue weighted by Gasteiger charge is -2.15. The number of aryl methyl sites for hydroxylation is 2. The number of nitrogen functional groups attached to an aromatic ring is 1. The van der Waals surface area contributed by atoms with E-state index in [0.29, 0.717) is 16.8 Å². The van der Waals surface area contributed by atoms with Crippen LogP contribution in [0.1, 0.15) is 28.5 Å². The molecule has 0 fully saturated rings. The first-order valence-corrected chi connectivity index (χ1v) is 6.90. The summed E-state index contributed by atoms with van der Waals surface area (Å²) in [6.45, 7) is 6.02. The van der Waals surface area contributed by atoms with Crippen molar-refractivity contribution in [2.45, 2.75) is 26.8 Å². The highest BCUT2D eigenvalue weighted by molar-refractivity contribution is 7.11. The van der Waals surface area contributed by atoms with E-state index in [-0.39, 0.29) is 6.04 Å². The van der Waals surface area contributed by atoms with Crippen molar-refractivity contribution in [1.29, 1.82) is 0 Å². The lowest BCUT2D eigenvalue weighted by Crippen LogP contribution is -2.13. The van der Waals surface area contributed by atoms with Crippen LogP contribution in [0.2, 0.25) is 5.02 Å². The number of rotatable bonds is 4. The highest BCUT2D eigenvalue weighted by Gasteiger charge is 2.15. The zero-order valence-corrected chi connectivity index (χ0v) is 12.4. The van der Waals surface area contributed by atoms with Crippen molar-refractivity contribution in [3.8, 4) is 0 Å². The van der Waals surface area contributed by atoms with Gasteiger partial charge in [0.25, 0.3) is 0 Å². The van der Waals surface area contributed by atoms with Crippen molar-refractivity contribution in [1.82, 2.24) is 15.0 Å². The van der Waals surface area contributed by atoms with Gasteiger partial charge in [-0.25, -0.2) is 15.8 Å². The molecule has 0 saturated carbocycles. The lowest BCUT2D eigenvalue weighted by atomic mass is 10.2. The Morgan fingerprint density at radius 1 is 1.37 bits per heavy atom. The summed E-state index contributed by atoms with van der Waals surface area (Å²) >= 11 is 7.72. The van der Waals surface area contributed by atoms with Crippen LogP contribution in [0.4, 0.5) is 11.8 Å². The smallest absolute Gasteiger partial charge is 0.239 e. The van der Waals surface area contributed by atoms with Gasteiger partial charge in [0.1, 0.15) is 5.02 Å². The molecule has 1 atom stereocenters. The topological polar surface area (TPSA) is 88.8 Å². The minimum atomic E-state index is 0.0595. The van der Waals surface area contributed by atoms with Crippen molar-refractivity contribution < 1.29 is 0 Å². The van der Waals surface area contributed by atoms with E-state index in [1.807, 2.05) is 20.8 Å². The SMILES string of the molecule is Cc1nc(C)c(C(C)Nc2nc(NN)ncc2Cl)s1. The summed E-state index contributed by atoms with van der Waals surface area (Å²) in [5, 5.41) is 4.74. The predicted octanol–water partition coefficient (Wildman–Crippen LogP) is 2.66. The normalized spacial score (nSPS) is 12.3. The number of aromatic nitrogens is 3. The number of hydrogen-bond donors (Lipinski definition) is 3. The Balaban J connectivity index is 2.23. The second-order valence-corrected chi connectivity index (χ2v) is 5.73. The van der Waals surface area contributed by atoms with E-state index in [1.54, 1.807) is 11.3 Å². The number of hydrazine groups is 1. The van der Waals surface area contributed by atoms with Gasteiger partial charge in [-0.1, -0.05) is 11.6 Å². The number of hydrogen-bond acceptors (Lipinski definition) is 7. The average molecular weight is 299 g/mol. The van der Waals surface area contributed by atoms with Crippen LogP contribution >= 0.6 is 22.9 Å². The number of halogens is 1. The average Bonchev–Trinajstić information content (AvgIpc) is 2.71. The minimum Gasteiger partial charge on any atom is -0.361 e. The van der Waals surface area contributed by atoms with Crippen LogP contribution in [0.25, 0.3) is 0 Å². The van der Waals surface area contributed by atoms with Crippen molar-refractivity contribution in [2.24, 2.45) is 5.84 Å². The van der Waals surface area contributed by atoms with Crippen LogP contribution in [0.15, 0.2) is 6.20 Å². The van der Waals surface area contributed by atoms with E-state index in [2.05, 4.69) is 25.7 Å². The van der Waals surface area contributed by atoms with E-state index in [4.69, 9.17) is 17.4 Å². The molecule has 4 N–H and O–H groups in total. The van der Waals surface area contributed by atoms with Crippen molar-refractivity contribution in [3.05, 3.63) is 26.8 Å². The minimum absolute atomic E-state index is 0.0595. The molecule has 0 amide bonds. The van der Waals surface area contributed by atoms with E-state index < -0.39 is 0 Å². The Labute approximate surface area is 120 Å². The number of nitrogens with two attached hydrogens (primary N) is 1. The fraction of sp³-hybridized carbons (Fsp3) is 0.364. The quantitative estimate of drug-likeness (QED) is 0.594. The summed E-state index contributed by atoms with van der Waals surface area (Å²) in [6, 6.07) is 0.0595. The van der Waals surface area contributed by atoms with Crippen LogP contribution < -0.4 is 16.6 Å². The first kappa shape index (κ1) is 14.0. The van der Waals surface area contributed by atoms with Gasteiger partial charge in [-0.05, 0) is 20.8 Å². The summed E-state index contributed by atoms with van der Waals surface area (Å²) in [5.74, 6) is 6.14. The second kappa shape index (κ2) is 5.68. The molecule has 2 rings (SSSR count). The Hall–Kier alpha value is -1.44. The third-order valence-electron chi connectivity index (χ3n) is 2.56. The molecule has 19 heavy (non-hydrogen) atoms. The van der Waals surface area contributed by atoms with E-state index in [0.717, 1.165) is 15.6 Å². The van der Waals surface area contributed by atoms with Crippen molar-refractivity contribution >= 4 is 34.7 Å².